The van der Waals surface area contributed by atoms with Crippen molar-refractivity contribution in [3.63, 3.8) is 0 Å². The molecular formula is C10H14ClNO2. The zero-order valence-electron chi connectivity index (χ0n) is 7.91. The van der Waals surface area contributed by atoms with E-state index < -0.39 is 0 Å². The number of nitrogens with one attached hydrogen (secondary N) is 1. The zero-order chi connectivity index (χ0) is 9.97. The number of carbonyl (C=O) groups is 1. The van der Waals surface area contributed by atoms with E-state index in [0.29, 0.717) is 11.8 Å². The molecule has 1 unspecified atom stereocenters. The highest BCUT2D eigenvalue weighted by Gasteiger charge is 2.38. The van der Waals surface area contributed by atoms with Crippen molar-refractivity contribution in [3.8, 4) is 0 Å². The Balaban J connectivity index is 2.01. The Morgan fingerprint density at radius 2 is 2.43 bits per heavy atom. The number of alkyl carbamates (subject to hydrolysis) is 1. The molecule has 78 valence electrons. The molecule has 1 N–H and O–H groups in total. The predicted molar refractivity (Wildman–Crippen MR) is 54.4 cm³/mol. The third-order valence-corrected chi connectivity index (χ3v) is 3.22. The molecule has 0 radical (unpaired) electrons. The molecule has 1 amide bonds. The van der Waals surface area contributed by atoms with Gasteiger partial charge in [-0.05, 0) is 19.3 Å². The molecule has 0 aromatic carbocycles. The smallest absolute Gasteiger partial charge is 0.407 e. The number of cyclic esters (lactones) is 1. The largest absolute Gasteiger partial charge is 0.444 e. The van der Waals surface area contributed by atoms with Crippen LogP contribution in [0.15, 0.2) is 12.2 Å². The quantitative estimate of drug-likeness (QED) is 0.566. The minimum Gasteiger partial charge on any atom is -0.444 e. The number of allylic oxidation sites excluding steroid dienone is 2. The average Bonchev–Trinajstić information content (AvgIpc) is 2.61. The minimum atomic E-state index is -0.324. The second-order valence-electron chi connectivity index (χ2n) is 3.82. The van der Waals surface area contributed by atoms with Crippen LogP contribution in [0.4, 0.5) is 4.79 Å². The third kappa shape index (κ3) is 1.87. The van der Waals surface area contributed by atoms with Gasteiger partial charge < -0.3 is 10.1 Å². The fourth-order valence-electron chi connectivity index (χ4n) is 2.14. The first-order valence-corrected chi connectivity index (χ1v) is 5.53. The van der Waals surface area contributed by atoms with Gasteiger partial charge in [-0.25, -0.2) is 4.79 Å². The van der Waals surface area contributed by atoms with Gasteiger partial charge in [0.1, 0.15) is 6.10 Å². The second-order valence-corrected chi connectivity index (χ2v) is 4.13. The summed E-state index contributed by atoms with van der Waals surface area (Å²) in [7, 11) is 0. The Hall–Kier alpha value is -0.700. The lowest BCUT2D eigenvalue weighted by Gasteiger charge is -2.25. The summed E-state index contributed by atoms with van der Waals surface area (Å²) >= 11 is 5.77. The van der Waals surface area contributed by atoms with Gasteiger partial charge in [0.15, 0.2) is 0 Å². The summed E-state index contributed by atoms with van der Waals surface area (Å²) < 4.78 is 5.24. The van der Waals surface area contributed by atoms with E-state index in [2.05, 4.69) is 17.5 Å². The van der Waals surface area contributed by atoms with Gasteiger partial charge in [-0.1, -0.05) is 12.2 Å². The number of carbonyl (C=O) groups excluding carboxylic acids is 1. The molecule has 0 aromatic rings. The fourth-order valence-corrected chi connectivity index (χ4v) is 2.39. The first-order chi connectivity index (χ1) is 6.81. The minimum absolute atomic E-state index is 0.0133. The van der Waals surface area contributed by atoms with E-state index in [0.717, 1.165) is 19.3 Å². The number of rotatable bonds is 2. The molecule has 4 heteroatoms. The Labute approximate surface area is 88.5 Å². The lowest BCUT2D eigenvalue weighted by Crippen LogP contribution is -2.38. The third-order valence-electron chi connectivity index (χ3n) is 2.88. The van der Waals surface area contributed by atoms with Gasteiger partial charge in [-0.15, -0.1) is 11.6 Å². The summed E-state index contributed by atoms with van der Waals surface area (Å²) in [4.78, 5) is 11.1. The van der Waals surface area contributed by atoms with E-state index in [1.165, 1.54) is 0 Å². The van der Waals surface area contributed by atoms with E-state index in [1.807, 2.05) is 0 Å². The fraction of sp³-hybridized carbons (Fsp3) is 0.700. The molecule has 3 atom stereocenters. The van der Waals surface area contributed by atoms with Gasteiger partial charge >= 0.3 is 6.09 Å². The summed E-state index contributed by atoms with van der Waals surface area (Å²) in [6.07, 6.45) is 7.13. The van der Waals surface area contributed by atoms with Gasteiger partial charge in [0.05, 0.1) is 6.04 Å². The van der Waals surface area contributed by atoms with Gasteiger partial charge in [-0.3, -0.25) is 0 Å². The van der Waals surface area contributed by atoms with Crippen molar-refractivity contribution >= 4 is 17.7 Å². The topological polar surface area (TPSA) is 38.3 Å². The van der Waals surface area contributed by atoms with Crippen LogP contribution in [0.3, 0.4) is 0 Å². The Bertz CT molecular complexity index is 255. The normalized spacial score (nSPS) is 36.6. The van der Waals surface area contributed by atoms with E-state index in [1.54, 1.807) is 0 Å². The molecular weight excluding hydrogens is 202 g/mol. The highest BCUT2D eigenvalue weighted by atomic mass is 35.5. The number of amides is 1. The highest BCUT2D eigenvalue weighted by Crippen LogP contribution is 2.28. The van der Waals surface area contributed by atoms with Crippen molar-refractivity contribution in [2.24, 2.45) is 5.92 Å². The van der Waals surface area contributed by atoms with Gasteiger partial charge in [-0.2, -0.15) is 0 Å². The molecule has 0 saturated carbocycles. The first-order valence-electron chi connectivity index (χ1n) is 4.99. The van der Waals surface area contributed by atoms with E-state index in [-0.39, 0.29) is 18.2 Å². The van der Waals surface area contributed by atoms with E-state index in [4.69, 9.17) is 16.3 Å². The van der Waals surface area contributed by atoms with E-state index in [9.17, 15) is 4.79 Å². The standard InChI is InChI=1S/C10H14ClNO2/c11-6-8-9(14-10(13)12-8)7-4-2-1-3-5-7/h1-2,7-9H,3-6H2,(H,12,13)/t7?,8-,9+/m0/s1. The summed E-state index contributed by atoms with van der Waals surface area (Å²) in [5.74, 6) is 0.860. The zero-order valence-corrected chi connectivity index (χ0v) is 8.67. The summed E-state index contributed by atoms with van der Waals surface area (Å²) in [6.45, 7) is 0. The molecule has 0 aromatic heterocycles. The Kier molecular flexibility index (Phi) is 2.96. The summed E-state index contributed by atoms with van der Waals surface area (Å²) in [5, 5.41) is 2.73. The molecule has 2 rings (SSSR count). The lowest BCUT2D eigenvalue weighted by molar-refractivity contribution is 0.0894. The molecule has 1 heterocycles. The maximum absolute atomic E-state index is 11.1. The molecule has 3 nitrogen and oxygen atoms in total. The van der Waals surface area contributed by atoms with E-state index >= 15 is 0 Å². The van der Waals surface area contributed by atoms with Crippen molar-refractivity contribution < 1.29 is 9.53 Å². The highest BCUT2D eigenvalue weighted by molar-refractivity contribution is 6.18. The maximum atomic E-state index is 11.1. The molecule has 1 aliphatic heterocycles. The number of halogens is 1. The van der Waals surface area contributed by atoms with Crippen molar-refractivity contribution in [1.82, 2.24) is 5.32 Å². The van der Waals surface area contributed by atoms with Crippen LogP contribution in [-0.2, 0) is 4.74 Å². The van der Waals surface area contributed by atoms with Crippen LogP contribution in [-0.4, -0.2) is 24.1 Å². The van der Waals surface area contributed by atoms with Crippen LogP contribution < -0.4 is 5.32 Å². The number of ether oxygens (including phenoxy) is 1. The van der Waals surface area contributed by atoms with Crippen molar-refractivity contribution in [1.29, 1.82) is 0 Å². The average molecular weight is 216 g/mol. The molecule has 1 fully saturated rings. The molecule has 1 aliphatic carbocycles. The number of alkyl halides is 1. The number of hydrogen-bond donors (Lipinski definition) is 1. The molecule has 2 aliphatic rings. The van der Waals surface area contributed by atoms with Crippen molar-refractivity contribution in [3.05, 3.63) is 12.2 Å². The Morgan fingerprint density at radius 1 is 1.57 bits per heavy atom. The monoisotopic (exact) mass is 215 g/mol. The van der Waals surface area contributed by atoms with Crippen LogP contribution in [0.2, 0.25) is 0 Å². The van der Waals surface area contributed by atoms with Crippen LogP contribution >= 0.6 is 11.6 Å². The maximum Gasteiger partial charge on any atom is 0.407 e. The van der Waals surface area contributed by atoms with Crippen LogP contribution in [0.25, 0.3) is 0 Å². The molecule has 14 heavy (non-hydrogen) atoms. The SMILES string of the molecule is O=C1N[C@@H](CCl)[C@@H](C2CC=CCC2)O1. The van der Waals surface area contributed by atoms with Gasteiger partial charge in [0, 0.05) is 11.8 Å². The van der Waals surface area contributed by atoms with Gasteiger partial charge in [0.25, 0.3) is 0 Å². The lowest BCUT2D eigenvalue weighted by atomic mass is 9.87. The molecule has 0 bridgehead atoms. The van der Waals surface area contributed by atoms with Crippen molar-refractivity contribution in [2.75, 3.05) is 5.88 Å². The molecule has 1 saturated heterocycles. The van der Waals surface area contributed by atoms with Crippen LogP contribution in [0.1, 0.15) is 19.3 Å². The van der Waals surface area contributed by atoms with Crippen molar-refractivity contribution in [2.45, 2.75) is 31.4 Å². The van der Waals surface area contributed by atoms with Gasteiger partial charge in [0.2, 0.25) is 0 Å². The summed E-state index contributed by atoms with van der Waals surface area (Å²) in [5.41, 5.74) is 0. The van der Waals surface area contributed by atoms with Crippen LogP contribution in [0.5, 0.6) is 0 Å². The second kappa shape index (κ2) is 4.22. The summed E-state index contributed by atoms with van der Waals surface area (Å²) in [6, 6.07) is -0.0133. The Morgan fingerprint density at radius 3 is 3.07 bits per heavy atom. The van der Waals surface area contributed by atoms with Crippen LogP contribution in [0, 0.1) is 5.92 Å². The predicted octanol–water partition coefficient (Wildman–Crippen LogP) is 2.06. The first kappa shape index (κ1) is 9.84. The molecule has 0 spiro atoms. The number of hydrogen-bond acceptors (Lipinski definition) is 2.